The summed E-state index contributed by atoms with van der Waals surface area (Å²) in [7, 11) is 0. The van der Waals surface area contributed by atoms with Gasteiger partial charge in [-0.2, -0.15) is 0 Å². The summed E-state index contributed by atoms with van der Waals surface area (Å²) in [5, 5.41) is 3.38. The molecule has 1 N–H and O–H groups in total. The summed E-state index contributed by atoms with van der Waals surface area (Å²) >= 11 is 6.94. The zero-order valence-electron chi connectivity index (χ0n) is 10.1. The molecule has 1 aromatic rings. The third-order valence-electron chi connectivity index (χ3n) is 3.14. The smallest absolute Gasteiger partial charge is 0.133 e. The molecule has 1 aliphatic heterocycles. The number of hydrogen-bond acceptors (Lipinski definition) is 2. The number of ether oxygens (including phenoxy) is 1. The van der Waals surface area contributed by atoms with Crippen molar-refractivity contribution in [2.75, 3.05) is 19.7 Å². The Balaban J connectivity index is 0.00000162. The number of piperidine rings is 1. The normalized spacial score (nSPS) is 16.1. The molecule has 5 heteroatoms. The molecule has 0 radical (unpaired) electrons. The fraction of sp³-hybridized carbons (Fsp3) is 0.538. The molecule has 102 valence electrons. The van der Waals surface area contributed by atoms with Crippen molar-refractivity contribution in [3.05, 3.63) is 27.1 Å². The van der Waals surface area contributed by atoms with Crippen LogP contribution in [-0.2, 0) is 0 Å². The third-order valence-corrected chi connectivity index (χ3v) is 4.25. The molecular formula is C13H18Br2ClNO. The van der Waals surface area contributed by atoms with E-state index in [4.69, 9.17) is 4.74 Å². The molecule has 2 nitrogen and oxygen atoms in total. The summed E-state index contributed by atoms with van der Waals surface area (Å²) in [5.41, 5.74) is 0. The summed E-state index contributed by atoms with van der Waals surface area (Å²) in [5.74, 6) is 1.76. The predicted molar refractivity (Wildman–Crippen MR) is 84.8 cm³/mol. The van der Waals surface area contributed by atoms with E-state index in [0.717, 1.165) is 46.7 Å². The molecule has 1 aliphatic rings. The lowest BCUT2D eigenvalue weighted by molar-refractivity contribution is 0.251. The van der Waals surface area contributed by atoms with Crippen molar-refractivity contribution in [2.24, 2.45) is 5.92 Å². The van der Waals surface area contributed by atoms with Crippen molar-refractivity contribution in [2.45, 2.75) is 19.3 Å². The highest BCUT2D eigenvalue weighted by Gasteiger charge is 2.13. The Hall–Kier alpha value is 0.230. The van der Waals surface area contributed by atoms with E-state index in [9.17, 15) is 0 Å². The van der Waals surface area contributed by atoms with Crippen LogP contribution in [0.2, 0.25) is 0 Å². The van der Waals surface area contributed by atoms with Crippen LogP contribution >= 0.6 is 44.3 Å². The van der Waals surface area contributed by atoms with Crippen LogP contribution in [0, 0.1) is 5.92 Å². The van der Waals surface area contributed by atoms with Crippen molar-refractivity contribution >= 4 is 44.3 Å². The minimum absolute atomic E-state index is 0. The van der Waals surface area contributed by atoms with Crippen molar-refractivity contribution in [1.29, 1.82) is 0 Å². The van der Waals surface area contributed by atoms with Crippen molar-refractivity contribution in [3.63, 3.8) is 0 Å². The Morgan fingerprint density at radius 1 is 1.22 bits per heavy atom. The molecule has 1 aromatic carbocycles. The van der Waals surface area contributed by atoms with Gasteiger partial charge in [0, 0.05) is 4.47 Å². The van der Waals surface area contributed by atoms with Crippen molar-refractivity contribution in [3.8, 4) is 5.75 Å². The highest BCUT2D eigenvalue weighted by atomic mass is 79.9. The van der Waals surface area contributed by atoms with E-state index in [1.165, 1.54) is 12.8 Å². The predicted octanol–water partition coefficient (Wildman–Crippen LogP) is 4.40. The Kier molecular flexibility index (Phi) is 7.61. The van der Waals surface area contributed by atoms with Gasteiger partial charge < -0.3 is 10.1 Å². The van der Waals surface area contributed by atoms with Crippen LogP contribution in [-0.4, -0.2) is 19.7 Å². The molecule has 0 aromatic heterocycles. The molecule has 1 heterocycles. The highest BCUT2D eigenvalue weighted by molar-refractivity contribution is 9.11. The quantitative estimate of drug-likeness (QED) is 0.810. The molecule has 18 heavy (non-hydrogen) atoms. The van der Waals surface area contributed by atoms with E-state index < -0.39 is 0 Å². The SMILES string of the molecule is Brc1ccc(OCCC2CCNCC2)c(Br)c1.Cl. The zero-order valence-corrected chi connectivity index (χ0v) is 14.1. The number of rotatable bonds is 4. The molecule has 0 saturated carbocycles. The van der Waals surface area contributed by atoms with E-state index >= 15 is 0 Å². The van der Waals surface area contributed by atoms with Crippen molar-refractivity contribution in [1.82, 2.24) is 5.32 Å². The minimum atomic E-state index is 0. The molecule has 0 amide bonds. The summed E-state index contributed by atoms with van der Waals surface area (Å²) < 4.78 is 7.88. The summed E-state index contributed by atoms with van der Waals surface area (Å²) in [4.78, 5) is 0. The first-order valence-electron chi connectivity index (χ1n) is 6.04. The number of benzene rings is 1. The number of nitrogens with one attached hydrogen (secondary N) is 1. The fourth-order valence-corrected chi connectivity index (χ4v) is 3.26. The topological polar surface area (TPSA) is 21.3 Å². The Morgan fingerprint density at radius 3 is 2.61 bits per heavy atom. The first-order valence-corrected chi connectivity index (χ1v) is 7.63. The van der Waals surface area contributed by atoms with Crippen LogP contribution in [0.15, 0.2) is 27.1 Å². The first-order chi connectivity index (χ1) is 8.25. The molecule has 0 atom stereocenters. The zero-order chi connectivity index (χ0) is 12.1. The number of hydrogen-bond donors (Lipinski definition) is 1. The summed E-state index contributed by atoms with van der Waals surface area (Å²) in [6.45, 7) is 3.13. The van der Waals surface area contributed by atoms with E-state index in [1.807, 2.05) is 18.2 Å². The van der Waals surface area contributed by atoms with E-state index in [1.54, 1.807) is 0 Å². The van der Waals surface area contributed by atoms with Gasteiger partial charge in [0.2, 0.25) is 0 Å². The maximum atomic E-state index is 5.81. The van der Waals surface area contributed by atoms with Crippen LogP contribution in [0.25, 0.3) is 0 Å². The summed E-state index contributed by atoms with van der Waals surface area (Å²) in [6, 6.07) is 6.01. The van der Waals surface area contributed by atoms with Gasteiger partial charge in [-0.25, -0.2) is 0 Å². The van der Waals surface area contributed by atoms with Crippen LogP contribution in [0.4, 0.5) is 0 Å². The van der Waals surface area contributed by atoms with Gasteiger partial charge in [-0.3, -0.25) is 0 Å². The largest absolute Gasteiger partial charge is 0.492 e. The average molecular weight is 400 g/mol. The van der Waals surface area contributed by atoms with Crippen LogP contribution in [0.3, 0.4) is 0 Å². The molecule has 1 saturated heterocycles. The Bertz CT molecular complexity index is 370. The number of halogens is 3. The minimum Gasteiger partial charge on any atom is -0.492 e. The molecule has 0 unspecified atom stereocenters. The second-order valence-electron chi connectivity index (χ2n) is 4.41. The lowest BCUT2D eigenvalue weighted by Gasteiger charge is -2.22. The highest BCUT2D eigenvalue weighted by Crippen LogP contribution is 2.28. The monoisotopic (exact) mass is 397 g/mol. The van der Waals surface area contributed by atoms with Gasteiger partial charge in [0.15, 0.2) is 0 Å². The molecule has 2 rings (SSSR count). The standard InChI is InChI=1S/C13H17Br2NO.ClH/c14-11-1-2-13(12(15)9-11)17-8-5-10-3-6-16-7-4-10;/h1-2,9-10,16H,3-8H2;1H. The van der Waals surface area contributed by atoms with Gasteiger partial charge in [0.25, 0.3) is 0 Å². The first kappa shape index (κ1) is 16.3. The van der Waals surface area contributed by atoms with Crippen LogP contribution in [0.1, 0.15) is 19.3 Å². The van der Waals surface area contributed by atoms with Gasteiger partial charge in [0.1, 0.15) is 5.75 Å². The fourth-order valence-electron chi connectivity index (χ4n) is 2.10. The molecule has 0 spiro atoms. The maximum Gasteiger partial charge on any atom is 0.133 e. The van der Waals surface area contributed by atoms with Crippen LogP contribution < -0.4 is 10.1 Å². The van der Waals surface area contributed by atoms with Crippen LogP contribution in [0.5, 0.6) is 5.75 Å². The molecule has 0 aliphatic carbocycles. The molecule has 1 fully saturated rings. The van der Waals surface area contributed by atoms with E-state index in [2.05, 4.69) is 37.2 Å². The molecule has 0 bridgehead atoms. The Labute approximate surface area is 132 Å². The Morgan fingerprint density at radius 2 is 1.94 bits per heavy atom. The second-order valence-corrected chi connectivity index (χ2v) is 6.18. The maximum absolute atomic E-state index is 5.81. The van der Waals surface area contributed by atoms with Gasteiger partial charge in [-0.1, -0.05) is 15.9 Å². The molecular weight excluding hydrogens is 381 g/mol. The van der Waals surface area contributed by atoms with Crippen molar-refractivity contribution < 1.29 is 4.74 Å². The summed E-state index contributed by atoms with van der Waals surface area (Å²) in [6.07, 6.45) is 3.72. The van der Waals surface area contributed by atoms with E-state index in [0.29, 0.717) is 0 Å². The van der Waals surface area contributed by atoms with Gasteiger partial charge >= 0.3 is 0 Å². The van der Waals surface area contributed by atoms with Gasteiger partial charge in [-0.15, -0.1) is 12.4 Å². The average Bonchev–Trinajstić information content (AvgIpc) is 2.33. The second kappa shape index (κ2) is 8.41. The third kappa shape index (κ3) is 5.08. The van der Waals surface area contributed by atoms with Gasteiger partial charge in [0.05, 0.1) is 11.1 Å². The lowest BCUT2D eigenvalue weighted by atomic mass is 9.95. The van der Waals surface area contributed by atoms with Gasteiger partial charge in [-0.05, 0) is 72.4 Å². The van der Waals surface area contributed by atoms with E-state index in [-0.39, 0.29) is 12.4 Å². The lowest BCUT2D eigenvalue weighted by Crippen LogP contribution is -2.28.